The second kappa shape index (κ2) is 3.52. The molecule has 0 radical (unpaired) electrons. The van der Waals surface area contributed by atoms with Crippen LogP contribution >= 0.6 is 10.7 Å². The predicted molar refractivity (Wildman–Crippen MR) is 49.3 cm³/mol. The maximum atomic E-state index is 10.7. The first-order valence-electron chi connectivity index (χ1n) is 4.12. The summed E-state index contributed by atoms with van der Waals surface area (Å²) >= 11 is 0. The third kappa shape index (κ3) is 2.61. The second-order valence-electron chi connectivity index (χ2n) is 3.58. The summed E-state index contributed by atoms with van der Waals surface area (Å²) in [4.78, 5) is 0. The summed E-state index contributed by atoms with van der Waals surface area (Å²) in [6.45, 7) is 4.19. The SMILES string of the molecule is CC1CCC(NS(=O)(=O)Cl)C1C. The van der Waals surface area contributed by atoms with Gasteiger partial charge in [-0.25, -0.2) is 0 Å². The van der Waals surface area contributed by atoms with Crippen molar-refractivity contribution in [2.45, 2.75) is 32.7 Å². The Kier molecular flexibility index (Phi) is 3.01. The summed E-state index contributed by atoms with van der Waals surface area (Å²) in [6, 6.07) is 0.0301. The highest BCUT2D eigenvalue weighted by Crippen LogP contribution is 2.31. The minimum Gasteiger partial charge on any atom is -0.199 e. The van der Waals surface area contributed by atoms with E-state index in [0.29, 0.717) is 11.8 Å². The Bertz CT molecular complexity index is 252. The van der Waals surface area contributed by atoms with Gasteiger partial charge in [0.15, 0.2) is 0 Å². The summed E-state index contributed by atoms with van der Waals surface area (Å²) in [5.41, 5.74) is 0. The zero-order valence-electron chi connectivity index (χ0n) is 7.25. The number of nitrogens with one attached hydrogen (secondary N) is 1. The summed E-state index contributed by atoms with van der Waals surface area (Å²) in [7, 11) is 1.55. The average molecular weight is 212 g/mol. The van der Waals surface area contributed by atoms with Crippen LogP contribution in [0.15, 0.2) is 0 Å². The molecule has 5 heteroatoms. The number of halogens is 1. The van der Waals surface area contributed by atoms with Crippen LogP contribution < -0.4 is 4.72 Å². The molecule has 3 unspecified atom stereocenters. The van der Waals surface area contributed by atoms with Crippen LogP contribution in [0, 0.1) is 11.8 Å². The molecular weight excluding hydrogens is 198 g/mol. The molecule has 3 nitrogen and oxygen atoms in total. The third-order valence-electron chi connectivity index (χ3n) is 2.76. The first kappa shape index (κ1) is 10.3. The maximum Gasteiger partial charge on any atom is 0.297 e. The first-order valence-corrected chi connectivity index (χ1v) is 6.43. The Morgan fingerprint density at radius 3 is 2.25 bits per heavy atom. The largest absolute Gasteiger partial charge is 0.297 e. The van der Waals surface area contributed by atoms with E-state index in [9.17, 15) is 8.42 Å². The second-order valence-corrected chi connectivity index (χ2v) is 5.91. The van der Waals surface area contributed by atoms with Crippen LogP contribution in [0.3, 0.4) is 0 Å². The lowest BCUT2D eigenvalue weighted by molar-refractivity contribution is 0.404. The molecule has 12 heavy (non-hydrogen) atoms. The zero-order valence-corrected chi connectivity index (χ0v) is 8.82. The lowest BCUT2D eigenvalue weighted by atomic mass is 9.98. The molecule has 0 bridgehead atoms. The monoisotopic (exact) mass is 211 g/mol. The quantitative estimate of drug-likeness (QED) is 0.704. The van der Waals surface area contributed by atoms with E-state index >= 15 is 0 Å². The molecule has 0 aromatic carbocycles. The van der Waals surface area contributed by atoms with Crippen LogP contribution in [-0.4, -0.2) is 14.5 Å². The van der Waals surface area contributed by atoms with Crippen LogP contribution in [0.5, 0.6) is 0 Å². The van der Waals surface area contributed by atoms with Crippen molar-refractivity contribution < 1.29 is 8.42 Å². The van der Waals surface area contributed by atoms with Gasteiger partial charge in [0.1, 0.15) is 0 Å². The molecule has 0 aromatic heterocycles. The summed E-state index contributed by atoms with van der Waals surface area (Å²) in [6.07, 6.45) is 1.97. The molecule has 0 saturated heterocycles. The van der Waals surface area contributed by atoms with Gasteiger partial charge in [0, 0.05) is 16.7 Å². The fourth-order valence-corrected chi connectivity index (χ4v) is 2.75. The van der Waals surface area contributed by atoms with Crippen LogP contribution in [0.25, 0.3) is 0 Å². The zero-order chi connectivity index (χ0) is 9.35. The Labute approximate surface area is 78.0 Å². The Morgan fingerprint density at radius 2 is 1.92 bits per heavy atom. The number of hydrogen-bond donors (Lipinski definition) is 1. The first-order chi connectivity index (χ1) is 5.40. The molecule has 1 fully saturated rings. The molecular formula is C7H14ClNO2S. The molecule has 1 N–H and O–H groups in total. The Morgan fingerprint density at radius 1 is 1.33 bits per heavy atom. The molecule has 72 valence electrons. The van der Waals surface area contributed by atoms with Crippen LogP contribution in [-0.2, 0) is 9.24 Å². The normalized spacial score (nSPS) is 37.1. The Hall–Kier alpha value is 0.200. The van der Waals surface area contributed by atoms with Gasteiger partial charge in [0.05, 0.1) is 0 Å². The summed E-state index contributed by atoms with van der Waals surface area (Å²) < 4.78 is 23.8. The molecule has 1 aliphatic carbocycles. The van der Waals surface area contributed by atoms with Crippen molar-refractivity contribution in [3.8, 4) is 0 Å². The van der Waals surface area contributed by atoms with E-state index < -0.39 is 9.24 Å². The van der Waals surface area contributed by atoms with Crippen LogP contribution in [0.2, 0.25) is 0 Å². The van der Waals surface area contributed by atoms with Gasteiger partial charge >= 0.3 is 0 Å². The third-order valence-corrected chi connectivity index (χ3v) is 3.61. The molecule has 0 aliphatic heterocycles. The van der Waals surface area contributed by atoms with Crippen molar-refractivity contribution >= 4 is 19.9 Å². The van der Waals surface area contributed by atoms with Gasteiger partial charge in [0.25, 0.3) is 9.24 Å². The number of hydrogen-bond acceptors (Lipinski definition) is 2. The van der Waals surface area contributed by atoms with Gasteiger partial charge in [-0.05, 0) is 24.7 Å². The molecule has 3 atom stereocenters. The molecule has 1 rings (SSSR count). The maximum absolute atomic E-state index is 10.7. The van der Waals surface area contributed by atoms with E-state index in [-0.39, 0.29) is 6.04 Å². The van der Waals surface area contributed by atoms with Gasteiger partial charge < -0.3 is 0 Å². The topological polar surface area (TPSA) is 46.2 Å². The molecule has 1 saturated carbocycles. The van der Waals surface area contributed by atoms with Gasteiger partial charge in [-0.15, -0.1) is 0 Å². The lowest BCUT2D eigenvalue weighted by Crippen LogP contribution is -2.34. The molecule has 1 aliphatic rings. The average Bonchev–Trinajstić information content (AvgIpc) is 2.16. The fourth-order valence-electron chi connectivity index (χ4n) is 1.71. The highest BCUT2D eigenvalue weighted by Gasteiger charge is 2.31. The van der Waals surface area contributed by atoms with Crippen molar-refractivity contribution in [2.75, 3.05) is 0 Å². The smallest absolute Gasteiger partial charge is 0.199 e. The molecule has 0 amide bonds. The Balaban J connectivity index is 2.56. The van der Waals surface area contributed by atoms with E-state index in [1.807, 2.05) is 0 Å². The minimum absolute atomic E-state index is 0.0301. The van der Waals surface area contributed by atoms with E-state index in [4.69, 9.17) is 10.7 Å². The standard InChI is InChI=1S/C7H14ClNO2S/c1-5-3-4-7(6(5)2)9-12(8,10)11/h5-7,9H,3-4H2,1-2H3. The summed E-state index contributed by atoms with van der Waals surface area (Å²) in [5.74, 6) is 0.972. The lowest BCUT2D eigenvalue weighted by Gasteiger charge is -2.17. The highest BCUT2D eigenvalue weighted by atomic mass is 35.7. The van der Waals surface area contributed by atoms with E-state index in [1.54, 1.807) is 0 Å². The van der Waals surface area contributed by atoms with Crippen LogP contribution in [0.1, 0.15) is 26.7 Å². The van der Waals surface area contributed by atoms with Crippen molar-refractivity contribution in [1.82, 2.24) is 4.72 Å². The fraction of sp³-hybridized carbons (Fsp3) is 1.00. The minimum atomic E-state index is -3.54. The van der Waals surface area contributed by atoms with Crippen molar-refractivity contribution in [3.05, 3.63) is 0 Å². The van der Waals surface area contributed by atoms with Gasteiger partial charge in [-0.3, -0.25) is 0 Å². The van der Waals surface area contributed by atoms with Gasteiger partial charge in [-0.1, -0.05) is 13.8 Å². The van der Waals surface area contributed by atoms with Crippen molar-refractivity contribution in [3.63, 3.8) is 0 Å². The predicted octanol–water partition coefficient (Wildman–Crippen LogP) is 1.49. The number of rotatable bonds is 2. The highest BCUT2D eigenvalue weighted by molar-refractivity contribution is 8.12. The van der Waals surface area contributed by atoms with E-state index in [1.165, 1.54) is 0 Å². The van der Waals surface area contributed by atoms with E-state index in [2.05, 4.69) is 18.6 Å². The van der Waals surface area contributed by atoms with Crippen molar-refractivity contribution in [2.24, 2.45) is 11.8 Å². The molecule has 0 aromatic rings. The van der Waals surface area contributed by atoms with Crippen LogP contribution in [0.4, 0.5) is 0 Å². The summed E-state index contributed by atoms with van der Waals surface area (Å²) in [5, 5.41) is 0. The van der Waals surface area contributed by atoms with Gasteiger partial charge in [-0.2, -0.15) is 13.1 Å². The van der Waals surface area contributed by atoms with E-state index in [0.717, 1.165) is 12.8 Å². The molecule has 0 spiro atoms. The molecule has 0 heterocycles. The van der Waals surface area contributed by atoms with Crippen molar-refractivity contribution in [1.29, 1.82) is 0 Å². The van der Waals surface area contributed by atoms with Gasteiger partial charge in [0.2, 0.25) is 0 Å².